The molecule has 0 fully saturated rings. The summed E-state index contributed by atoms with van der Waals surface area (Å²) in [4.78, 5) is 32.2. The number of amides is 1. The highest BCUT2D eigenvalue weighted by atomic mass is 16.2. The van der Waals surface area contributed by atoms with Crippen molar-refractivity contribution in [3.63, 3.8) is 0 Å². The van der Waals surface area contributed by atoms with Gasteiger partial charge in [0.2, 0.25) is 5.91 Å². The Balaban J connectivity index is 2.15. The van der Waals surface area contributed by atoms with Crippen molar-refractivity contribution in [2.75, 3.05) is 20.1 Å². The van der Waals surface area contributed by atoms with Crippen molar-refractivity contribution < 1.29 is 4.79 Å². The molecule has 0 spiro atoms. The van der Waals surface area contributed by atoms with E-state index in [2.05, 4.69) is 20.4 Å². The third-order valence-electron chi connectivity index (χ3n) is 2.86. The molecule has 20 heavy (non-hydrogen) atoms. The molecule has 0 aromatic carbocycles. The minimum Gasteiger partial charge on any atom is -0.355 e. The number of aromatic nitrogens is 4. The number of rotatable bonds is 5. The monoisotopic (exact) mass is 278 g/mol. The zero-order valence-electron chi connectivity index (χ0n) is 11.8. The zero-order valence-corrected chi connectivity index (χ0v) is 11.8. The van der Waals surface area contributed by atoms with Gasteiger partial charge in [0.15, 0.2) is 5.65 Å². The molecule has 0 radical (unpaired) electrons. The predicted molar refractivity (Wildman–Crippen MR) is 74.1 cm³/mol. The Labute approximate surface area is 115 Å². The van der Waals surface area contributed by atoms with Gasteiger partial charge in [0.25, 0.3) is 5.56 Å². The van der Waals surface area contributed by atoms with Gasteiger partial charge in [0.1, 0.15) is 11.2 Å². The minimum absolute atomic E-state index is 0.0565. The maximum absolute atomic E-state index is 11.9. The summed E-state index contributed by atoms with van der Waals surface area (Å²) in [7, 11) is 3.53. The lowest BCUT2D eigenvalue weighted by atomic mass is 10.4. The first-order valence-corrected chi connectivity index (χ1v) is 6.37. The summed E-state index contributed by atoms with van der Waals surface area (Å²) in [5, 5.41) is 7.19. The van der Waals surface area contributed by atoms with Crippen LogP contribution in [0.2, 0.25) is 0 Å². The van der Waals surface area contributed by atoms with E-state index < -0.39 is 0 Å². The van der Waals surface area contributed by atoms with Crippen molar-refractivity contribution in [1.82, 2.24) is 30.0 Å². The molecule has 0 saturated carbocycles. The third kappa shape index (κ3) is 3.02. The highest BCUT2D eigenvalue weighted by molar-refractivity contribution is 5.77. The Morgan fingerprint density at radius 2 is 2.30 bits per heavy atom. The van der Waals surface area contributed by atoms with Gasteiger partial charge in [-0.3, -0.25) is 19.2 Å². The first-order valence-electron chi connectivity index (χ1n) is 6.37. The summed E-state index contributed by atoms with van der Waals surface area (Å²) in [6, 6.07) is 0. The molecule has 108 valence electrons. The SMILES string of the molecule is CCNC(=O)CN(C)Cc1nc2c(cnn2C)c(=O)[nH]1. The summed E-state index contributed by atoms with van der Waals surface area (Å²) in [5.74, 6) is 0.455. The number of hydrogen-bond acceptors (Lipinski definition) is 5. The number of carbonyl (C=O) groups is 1. The van der Waals surface area contributed by atoms with E-state index in [1.807, 2.05) is 6.92 Å². The molecule has 0 unspecified atom stereocenters. The molecule has 8 nitrogen and oxygen atoms in total. The first-order chi connectivity index (χ1) is 9.51. The van der Waals surface area contributed by atoms with Gasteiger partial charge in [-0.2, -0.15) is 5.10 Å². The molecule has 2 N–H and O–H groups in total. The van der Waals surface area contributed by atoms with E-state index in [1.165, 1.54) is 6.20 Å². The number of likely N-dealkylation sites (N-methyl/N-ethyl adjacent to an activating group) is 2. The Hall–Kier alpha value is -2.22. The van der Waals surface area contributed by atoms with Crippen LogP contribution in [0.4, 0.5) is 0 Å². The number of nitrogens with zero attached hydrogens (tertiary/aromatic N) is 4. The second-order valence-corrected chi connectivity index (χ2v) is 4.64. The Kier molecular flexibility index (Phi) is 4.14. The molecule has 0 aliphatic heterocycles. The quantitative estimate of drug-likeness (QED) is 0.748. The fourth-order valence-corrected chi connectivity index (χ4v) is 1.96. The van der Waals surface area contributed by atoms with Gasteiger partial charge in [0.05, 0.1) is 19.3 Å². The Morgan fingerprint density at radius 1 is 1.55 bits per heavy atom. The van der Waals surface area contributed by atoms with Crippen molar-refractivity contribution in [1.29, 1.82) is 0 Å². The average Bonchev–Trinajstić information content (AvgIpc) is 2.71. The maximum atomic E-state index is 11.9. The van der Waals surface area contributed by atoms with Crippen molar-refractivity contribution in [3.05, 3.63) is 22.4 Å². The van der Waals surface area contributed by atoms with Gasteiger partial charge in [-0.25, -0.2) is 4.98 Å². The predicted octanol–water partition coefficient (Wildman–Crippen LogP) is -0.775. The largest absolute Gasteiger partial charge is 0.355 e. The highest BCUT2D eigenvalue weighted by Crippen LogP contribution is 2.05. The Bertz CT molecular complexity index is 674. The number of fused-ring (bicyclic) bond motifs is 1. The first kappa shape index (κ1) is 14.2. The van der Waals surface area contributed by atoms with E-state index >= 15 is 0 Å². The third-order valence-corrected chi connectivity index (χ3v) is 2.86. The van der Waals surface area contributed by atoms with Crippen LogP contribution in [0.25, 0.3) is 11.0 Å². The number of H-pyrrole nitrogens is 1. The molecule has 0 atom stereocenters. The smallest absolute Gasteiger partial charge is 0.262 e. The second-order valence-electron chi connectivity index (χ2n) is 4.64. The van der Waals surface area contributed by atoms with Crippen LogP contribution in [0, 0.1) is 0 Å². The molecule has 2 aromatic heterocycles. The zero-order chi connectivity index (χ0) is 14.7. The van der Waals surface area contributed by atoms with Crippen LogP contribution in [0.5, 0.6) is 0 Å². The number of nitrogens with one attached hydrogen (secondary N) is 2. The van der Waals surface area contributed by atoms with E-state index in [4.69, 9.17) is 0 Å². The van der Waals surface area contributed by atoms with Crippen molar-refractivity contribution in [2.45, 2.75) is 13.5 Å². The molecule has 0 bridgehead atoms. The molecule has 1 amide bonds. The fourth-order valence-electron chi connectivity index (χ4n) is 1.96. The van der Waals surface area contributed by atoms with Crippen LogP contribution in [-0.2, 0) is 18.4 Å². The van der Waals surface area contributed by atoms with Gasteiger partial charge in [0, 0.05) is 13.6 Å². The fraction of sp³-hybridized carbons (Fsp3) is 0.500. The van der Waals surface area contributed by atoms with Crippen LogP contribution in [0.3, 0.4) is 0 Å². The van der Waals surface area contributed by atoms with Crippen LogP contribution < -0.4 is 10.9 Å². The molecule has 2 rings (SSSR count). The molecule has 0 aliphatic carbocycles. The summed E-state index contributed by atoms with van der Waals surface area (Å²) >= 11 is 0. The summed E-state index contributed by atoms with van der Waals surface area (Å²) < 4.78 is 1.55. The van der Waals surface area contributed by atoms with Gasteiger partial charge < -0.3 is 10.3 Å². The standard InChI is InChI=1S/C12H18N6O2/c1-4-13-10(19)7-17(2)6-9-15-11-8(12(20)16-9)5-14-18(11)3/h5H,4,6-7H2,1-3H3,(H,13,19)(H,15,16,20). The molecule has 0 saturated heterocycles. The summed E-state index contributed by atoms with van der Waals surface area (Å²) in [5.41, 5.74) is 0.319. The van der Waals surface area contributed by atoms with Crippen LogP contribution >= 0.6 is 0 Å². The lowest BCUT2D eigenvalue weighted by Crippen LogP contribution is -2.35. The van der Waals surface area contributed by atoms with Crippen molar-refractivity contribution in [3.8, 4) is 0 Å². The Morgan fingerprint density at radius 3 is 3.00 bits per heavy atom. The van der Waals surface area contributed by atoms with E-state index in [-0.39, 0.29) is 18.0 Å². The summed E-state index contributed by atoms with van der Waals surface area (Å²) in [6.45, 7) is 3.10. The molecular formula is C12H18N6O2. The number of aromatic amines is 1. The molecule has 2 aromatic rings. The van der Waals surface area contributed by atoms with Gasteiger partial charge >= 0.3 is 0 Å². The highest BCUT2D eigenvalue weighted by Gasteiger charge is 2.11. The van der Waals surface area contributed by atoms with Crippen molar-refractivity contribution in [2.24, 2.45) is 7.05 Å². The van der Waals surface area contributed by atoms with Crippen LogP contribution in [0.15, 0.2) is 11.0 Å². The van der Waals surface area contributed by atoms with Crippen molar-refractivity contribution >= 4 is 16.9 Å². The van der Waals surface area contributed by atoms with Gasteiger partial charge in [-0.05, 0) is 14.0 Å². The average molecular weight is 278 g/mol. The molecular weight excluding hydrogens is 260 g/mol. The lowest BCUT2D eigenvalue weighted by molar-refractivity contribution is -0.121. The van der Waals surface area contributed by atoms with Gasteiger partial charge in [-0.15, -0.1) is 0 Å². The lowest BCUT2D eigenvalue weighted by Gasteiger charge is -2.15. The van der Waals surface area contributed by atoms with Crippen LogP contribution in [-0.4, -0.2) is 50.7 Å². The maximum Gasteiger partial charge on any atom is 0.262 e. The van der Waals surface area contributed by atoms with E-state index in [0.29, 0.717) is 29.9 Å². The number of aryl methyl sites for hydroxylation is 1. The number of carbonyl (C=O) groups excluding carboxylic acids is 1. The van der Waals surface area contributed by atoms with E-state index in [1.54, 1.807) is 23.7 Å². The van der Waals surface area contributed by atoms with E-state index in [0.717, 1.165) is 0 Å². The molecule has 8 heteroatoms. The normalized spacial score (nSPS) is 11.2. The topological polar surface area (TPSA) is 95.9 Å². The van der Waals surface area contributed by atoms with Gasteiger partial charge in [-0.1, -0.05) is 0 Å². The molecule has 2 heterocycles. The second kappa shape index (κ2) is 5.83. The summed E-state index contributed by atoms with van der Waals surface area (Å²) in [6.07, 6.45) is 1.49. The van der Waals surface area contributed by atoms with Crippen LogP contribution in [0.1, 0.15) is 12.7 Å². The molecule has 0 aliphatic rings. The minimum atomic E-state index is -0.218. The van der Waals surface area contributed by atoms with E-state index in [9.17, 15) is 9.59 Å². The number of hydrogen-bond donors (Lipinski definition) is 2.